The molecule has 0 aromatic heterocycles. The number of carbonyl (C=O) groups excluding carboxylic acids is 1. The molecule has 4 atom stereocenters. The number of nitrogens with one attached hydrogen (secondary N) is 2. The van der Waals surface area contributed by atoms with Crippen molar-refractivity contribution in [2.75, 3.05) is 40.0 Å². The summed E-state index contributed by atoms with van der Waals surface area (Å²) in [7, 11) is 1.74. The number of hydrogen-bond donors (Lipinski definition) is 2. The first-order valence-corrected chi connectivity index (χ1v) is 11.4. The van der Waals surface area contributed by atoms with E-state index in [1.807, 2.05) is 12.1 Å². The maximum Gasteiger partial charge on any atom is 0.225 e. The van der Waals surface area contributed by atoms with Crippen molar-refractivity contribution in [1.29, 1.82) is 0 Å². The molecule has 0 spiro atoms. The number of carbonyl (C=O) groups is 1. The summed E-state index contributed by atoms with van der Waals surface area (Å²) in [6.45, 7) is 6.56. The van der Waals surface area contributed by atoms with Crippen LogP contribution >= 0.6 is 0 Å². The molecule has 0 bridgehead atoms. The summed E-state index contributed by atoms with van der Waals surface area (Å²) in [6, 6.07) is 8.65. The molecule has 7 nitrogen and oxygen atoms in total. The smallest absolute Gasteiger partial charge is 0.225 e. The zero-order valence-electron chi connectivity index (χ0n) is 18.3. The summed E-state index contributed by atoms with van der Waals surface area (Å²) in [5.74, 6) is 1.74. The van der Waals surface area contributed by atoms with E-state index in [0.29, 0.717) is 18.4 Å². The third-order valence-corrected chi connectivity index (χ3v) is 6.75. The monoisotopic (exact) mass is 416 g/mol. The molecule has 3 heterocycles. The Morgan fingerprint density at radius 2 is 2.00 bits per heavy atom. The lowest BCUT2D eigenvalue weighted by Crippen LogP contribution is -2.69. The highest BCUT2D eigenvalue weighted by molar-refractivity contribution is 5.77. The number of amides is 1. The fraction of sp³-hybridized carbons (Fsp3) is 0.696. The van der Waals surface area contributed by atoms with Crippen LogP contribution in [0.5, 0.6) is 5.75 Å². The Kier molecular flexibility index (Phi) is 7.25. The molecule has 1 aromatic carbocycles. The van der Waals surface area contributed by atoms with E-state index in [9.17, 15) is 4.79 Å². The third-order valence-electron chi connectivity index (χ3n) is 6.75. The van der Waals surface area contributed by atoms with Crippen molar-refractivity contribution < 1.29 is 14.3 Å². The van der Waals surface area contributed by atoms with E-state index in [1.54, 1.807) is 7.11 Å². The van der Waals surface area contributed by atoms with Crippen LogP contribution in [0.4, 0.5) is 0 Å². The molecule has 7 heteroatoms. The quantitative estimate of drug-likeness (QED) is 0.763. The molecule has 30 heavy (non-hydrogen) atoms. The zero-order valence-corrected chi connectivity index (χ0v) is 18.3. The molecule has 2 N–H and O–H groups in total. The summed E-state index contributed by atoms with van der Waals surface area (Å²) in [4.78, 5) is 17.5. The number of hydrogen-bond acceptors (Lipinski definition) is 6. The highest BCUT2D eigenvalue weighted by atomic mass is 16.5. The second-order valence-corrected chi connectivity index (χ2v) is 8.90. The molecule has 0 aliphatic carbocycles. The van der Waals surface area contributed by atoms with Crippen molar-refractivity contribution in [3.05, 3.63) is 29.8 Å². The van der Waals surface area contributed by atoms with Gasteiger partial charge in [0.25, 0.3) is 0 Å². The Hall–Kier alpha value is -1.67. The number of nitrogens with zero attached hydrogens (tertiary/aromatic N) is 2. The summed E-state index contributed by atoms with van der Waals surface area (Å²) in [5, 5.41) is 6.97. The lowest BCUT2D eigenvalue weighted by atomic mass is 9.94. The summed E-state index contributed by atoms with van der Waals surface area (Å²) < 4.78 is 11.1. The van der Waals surface area contributed by atoms with E-state index in [2.05, 4.69) is 39.5 Å². The maximum atomic E-state index is 12.6. The summed E-state index contributed by atoms with van der Waals surface area (Å²) in [6.07, 6.45) is 4.85. The molecule has 1 aromatic rings. The third kappa shape index (κ3) is 5.14. The predicted molar refractivity (Wildman–Crippen MR) is 116 cm³/mol. The second kappa shape index (κ2) is 10.1. The minimum absolute atomic E-state index is 0.0697. The number of likely N-dealkylation sites (tertiary alicyclic amines) is 1. The Morgan fingerprint density at radius 1 is 1.20 bits per heavy atom. The molecule has 1 amide bonds. The van der Waals surface area contributed by atoms with Crippen LogP contribution in [-0.2, 0) is 16.0 Å². The average Bonchev–Trinajstić information content (AvgIpc) is 2.95. The normalized spacial score (nSPS) is 31.7. The van der Waals surface area contributed by atoms with Crippen molar-refractivity contribution in [1.82, 2.24) is 20.4 Å². The van der Waals surface area contributed by atoms with E-state index >= 15 is 0 Å². The van der Waals surface area contributed by atoms with Gasteiger partial charge in [-0.3, -0.25) is 19.9 Å². The number of ether oxygens (including phenoxy) is 2. The summed E-state index contributed by atoms with van der Waals surface area (Å²) >= 11 is 0. The van der Waals surface area contributed by atoms with Gasteiger partial charge < -0.3 is 14.8 Å². The van der Waals surface area contributed by atoms with Crippen molar-refractivity contribution in [2.45, 2.75) is 57.5 Å². The molecular formula is C23H36N4O3. The second-order valence-electron chi connectivity index (χ2n) is 8.90. The highest BCUT2D eigenvalue weighted by Gasteiger charge is 2.37. The largest absolute Gasteiger partial charge is 0.496 e. The first kappa shape index (κ1) is 21.6. The molecule has 0 radical (unpaired) electrons. The first-order chi connectivity index (χ1) is 14.6. The van der Waals surface area contributed by atoms with Crippen molar-refractivity contribution in [3.8, 4) is 5.75 Å². The Morgan fingerprint density at radius 3 is 2.80 bits per heavy atom. The molecule has 3 aliphatic rings. The molecule has 2 unspecified atom stereocenters. The van der Waals surface area contributed by atoms with Crippen LogP contribution in [0.25, 0.3) is 0 Å². The van der Waals surface area contributed by atoms with E-state index in [0.717, 1.165) is 57.9 Å². The van der Waals surface area contributed by atoms with Gasteiger partial charge in [0.1, 0.15) is 12.0 Å². The maximum absolute atomic E-state index is 12.6. The molecule has 0 saturated carbocycles. The molecule has 3 aliphatic heterocycles. The van der Waals surface area contributed by atoms with Gasteiger partial charge >= 0.3 is 0 Å². The fourth-order valence-electron chi connectivity index (χ4n) is 5.16. The SMILES string of the molecule is COc1ccccc1C[C@H]1C[C@@H](C)CCCN1C1NC(=O)CC(N2CCOCC2)N1. The number of rotatable bonds is 5. The van der Waals surface area contributed by atoms with Gasteiger partial charge in [-0.1, -0.05) is 25.1 Å². The van der Waals surface area contributed by atoms with Gasteiger partial charge in [0.05, 0.1) is 32.9 Å². The van der Waals surface area contributed by atoms with Crippen molar-refractivity contribution in [3.63, 3.8) is 0 Å². The topological polar surface area (TPSA) is 66.1 Å². The Balaban J connectivity index is 1.53. The standard InChI is InChI=1S/C23H36N4O3/c1-17-6-5-9-27(19(14-17)15-18-7-3-4-8-20(18)29-2)23-24-21(16-22(28)25-23)26-10-12-30-13-11-26/h3-4,7-8,17,19,21,23-24H,5-6,9-16H2,1-2H3,(H,25,28)/t17-,19+,21?,23?/m0/s1. The number of para-hydroxylation sites is 1. The minimum atomic E-state index is -0.135. The van der Waals surface area contributed by atoms with E-state index in [-0.39, 0.29) is 18.4 Å². The summed E-state index contributed by atoms with van der Waals surface area (Å²) in [5.41, 5.74) is 1.23. The molecule has 166 valence electrons. The lowest BCUT2D eigenvalue weighted by molar-refractivity contribution is -0.131. The minimum Gasteiger partial charge on any atom is -0.496 e. The van der Waals surface area contributed by atoms with Crippen LogP contribution in [0.1, 0.15) is 38.2 Å². The van der Waals surface area contributed by atoms with Gasteiger partial charge in [0, 0.05) is 25.7 Å². The van der Waals surface area contributed by atoms with Crippen molar-refractivity contribution in [2.24, 2.45) is 5.92 Å². The van der Waals surface area contributed by atoms with Gasteiger partial charge in [-0.05, 0) is 43.2 Å². The van der Waals surface area contributed by atoms with Crippen LogP contribution in [-0.4, -0.2) is 74.2 Å². The van der Waals surface area contributed by atoms with E-state index in [1.165, 1.54) is 12.0 Å². The first-order valence-electron chi connectivity index (χ1n) is 11.4. The number of benzene rings is 1. The van der Waals surface area contributed by atoms with Crippen LogP contribution in [0.15, 0.2) is 24.3 Å². The van der Waals surface area contributed by atoms with Gasteiger partial charge in [-0.2, -0.15) is 0 Å². The molecular weight excluding hydrogens is 380 g/mol. The Bertz CT molecular complexity index is 709. The van der Waals surface area contributed by atoms with E-state index < -0.39 is 0 Å². The zero-order chi connectivity index (χ0) is 20.9. The molecule has 4 rings (SSSR count). The van der Waals surface area contributed by atoms with Gasteiger partial charge in [0.15, 0.2) is 0 Å². The predicted octanol–water partition coefficient (Wildman–Crippen LogP) is 1.78. The van der Waals surface area contributed by atoms with Crippen LogP contribution in [0.3, 0.4) is 0 Å². The van der Waals surface area contributed by atoms with E-state index in [4.69, 9.17) is 9.47 Å². The van der Waals surface area contributed by atoms with Gasteiger partial charge in [0.2, 0.25) is 5.91 Å². The van der Waals surface area contributed by atoms with Gasteiger partial charge in [-0.15, -0.1) is 0 Å². The van der Waals surface area contributed by atoms with Crippen molar-refractivity contribution >= 4 is 5.91 Å². The Labute approximate surface area is 180 Å². The number of methoxy groups -OCH3 is 1. The van der Waals surface area contributed by atoms with Crippen LogP contribution < -0.4 is 15.4 Å². The van der Waals surface area contributed by atoms with Crippen LogP contribution in [0.2, 0.25) is 0 Å². The van der Waals surface area contributed by atoms with Gasteiger partial charge in [-0.25, -0.2) is 0 Å². The number of morpholine rings is 1. The van der Waals surface area contributed by atoms with Crippen LogP contribution in [0, 0.1) is 5.92 Å². The molecule has 3 saturated heterocycles. The average molecular weight is 417 g/mol. The highest BCUT2D eigenvalue weighted by Crippen LogP contribution is 2.29. The lowest BCUT2D eigenvalue weighted by Gasteiger charge is -2.45. The fourth-order valence-corrected chi connectivity index (χ4v) is 5.16. The molecule has 3 fully saturated rings.